The molecule has 0 saturated heterocycles. The Balaban J connectivity index is 1.71. The summed E-state index contributed by atoms with van der Waals surface area (Å²) < 4.78 is 16.9. The first-order valence-corrected chi connectivity index (χ1v) is 11.8. The molecule has 0 radical (unpaired) electrons. The van der Waals surface area contributed by atoms with Gasteiger partial charge in [0.1, 0.15) is 10.6 Å². The molecule has 2 aromatic heterocycles. The van der Waals surface area contributed by atoms with Crippen LogP contribution in [0.2, 0.25) is 0 Å². The van der Waals surface area contributed by atoms with Crippen molar-refractivity contribution in [2.75, 3.05) is 12.4 Å². The SMILES string of the molecule is COC(=O)c1c(NC(=O)C(C)Oc2c(-c3ccc(C)cc3)oc3ccccc3c2=O)sc(C)c1C. The highest BCUT2D eigenvalue weighted by molar-refractivity contribution is 7.16. The number of amides is 1. The quantitative estimate of drug-likeness (QED) is 0.351. The number of fused-ring (bicyclic) bond motifs is 1. The van der Waals surface area contributed by atoms with Crippen molar-refractivity contribution in [1.29, 1.82) is 0 Å². The highest BCUT2D eigenvalue weighted by Gasteiger charge is 2.26. The van der Waals surface area contributed by atoms with Crippen molar-refractivity contribution in [3.05, 3.63) is 80.3 Å². The number of methoxy groups -OCH3 is 1. The van der Waals surface area contributed by atoms with Gasteiger partial charge in [0.15, 0.2) is 11.9 Å². The van der Waals surface area contributed by atoms with Crippen LogP contribution < -0.4 is 15.5 Å². The normalized spacial score (nSPS) is 11.8. The Morgan fingerprint density at radius 3 is 2.40 bits per heavy atom. The molecule has 8 heteroatoms. The smallest absolute Gasteiger partial charge is 0.341 e. The summed E-state index contributed by atoms with van der Waals surface area (Å²) in [6.45, 7) is 7.15. The summed E-state index contributed by atoms with van der Waals surface area (Å²) in [5.74, 6) is -0.861. The van der Waals surface area contributed by atoms with Gasteiger partial charge in [-0.15, -0.1) is 11.3 Å². The van der Waals surface area contributed by atoms with Gasteiger partial charge in [-0.25, -0.2) is 4.79 Å². The minimum atomic E-state index is -1.06. The molecule has 1 unspecified atom stereocenters. The third-order valence-electron chi connectivity index (χ3n) is 5.75. The number of esters is 1. The third kappa shape index (κ3) is 4.70. The lowest BCUT2D eigenvalue weighted by Crippen LogP contribution is -2.32. The van der Waals surface area contributed by atoms with E-state index in [-0.39, 0.29) is 16.9 Å². The van der Waals surface area contributed by atoms with Crippen LogP contribution in [0.3, 0.4) is 0 Å². The average Bonchev–Trinajstić information content (AvgIpc) is 3.13. The van der Waals surface area contributed by atoms with E-state index in [9.17, 15) is 14.4 Å². The lowest BCUT2D eigenvalue weighted by molar-refractivity contribution is -0.122. The predicted octanol–water partition coefficient (Wildman–Crippen LogP) is 5.64. The molecule has 0 aliphatic rings. The predicted molar refractivity (Wildman–Crippen MR) is 137 cm³/mol. The summed E-state index contributed by atoms with van der Waals surface area (Å²) in [7, 11) is 1.29. The van der Waals surface area contributed by atoms with Crippen LogP contribution in [-0.2, 0) is 9.53 Å². The van der Waals surface area contributed by atoms with Gasteiger partial charge in [0.05, 0.1) is 18.1 Å². The van der Waals surface area contributed by atoms with Crippen LogP contribution >= 0.6 is 11.3 Å². The molecule has 2 heterocycles. The van der Waals surface area contributed by atoms with Crippen molar-refractivity contribution in [2.45, 2.75) is 33.8 Å². The Labute approximate surface area is 206 Å². The number of para-hydroxylation sites is 1. The van der Waals surface area contributed by atoms with Crippen LogP contribution in [0.15, 0.2) is 57.7 Å². The molecule has 1 N–H and O–H groups in total. The number of carbonyl (C=O) groups is 2. The van der Waals surface area contributed by atoms with Gasteiger partial charge in [0.2, 0.25) is 11.2 Å². The first-order chi connectivity index (χ1) is 16.7. The van der Waals surface area contributed by atoms with Crippen molar-refractivity contribution in [1.82, 2.24) is 0 Å². The highest BCUT2D eigenvalue weighted by Crippen LogP contribution is 2.34. The molecule has 0 bridgehead atoms. The molecule has 0 saturated carbocycles. The summed E-state index contributed by atoms with van der Waals surface area (Å²) >= 11 is 1.27. The van der Waals surface area contributed by atoms with E-state index < -0.39 is 18.0 Å². The molecular formula is C27H25NO6S. The summed E-state index contributed by atoms with van der Waals surface area (Å²) in [6, 6.07) is 14.4. The van der Waals surface area contributed by atoms with E-state index in [4.69, 9.17) is 13.9 Å². The lowest BCUT2D eigenvalue weighted by Gasteiger charge is -2.17. The molecule has 1 atom stereocenters. The highest BCUT2D eigenvalue weighted by atomic mass is 32.1. The zero-order valence-corrected chi connectivity index (χ0v) is 20.9. The monoisotopic (exact) mass is 491 g/mol. The standard InChI is InChI=1S/C27H25NO6S/c1-14-10-12-18(13-11-14)23-24(22(29)19-8-6-7-9-20(19)34-23)33-16(3)25(30)28-26-21(27(31)32-5)15(2)17(4)35-26/h6-13,16H,1-5H3,(H,28,30). The second-order valence-corrected chi connectivity index (χ2v) is 9.40. The van der Waals surface area contributed by atoms with Gasteiger partial charge in [0.25, 0.3) is 5.91 Å². The topological polar surface area (TPSA) is 94.8 Å². The van der Waals surface area contributed by atoms with E-state index in [1.54, 1.807) is 31.2 Å². The Morgan fingerprint density at radius 2 is 1.71 bits per heavy atom. The van der Waals surface area contributed by atoms with Gasteiger partial charge < -0.3 is 19.2 Å². The van der Waals surface area contributed by atoms with Crippen LogP contribution in [0.4, 0.5) is 5.00 Å². The summed E-state index contributed by atoms with van der Waals surface area (Å²) in [4.78, 5) is 39.5. The Morgan fingerprint density at radius 1 is 1.03 bits per heavy atom. The van der Waals surface area contributed by atoms with Crippen LogP contribution in [0.25, 0.3) is 22.3 Å². The van der Waals surface area contributed by atoms with E-state index in [1.807, 2.05) is 38.1 Å². The Kier molecular flexibility index (Phi) is 6.75. The van der Waals surface area contributed by atoms with E-state index in [2.05, 4.69) is 5.32 Å². The number of anilines is 1. The summed E-state index contributed by atoms with van der Waals surface area (Å²) in [5, 5.41) is 3.47. The second-order valence-electron chi connectivity index (χ2n) is 8.18. The number of thiophene rings is 1. The third-order valence-corrected chi connectivity index (χ3v) is 6.87. The number of carbonyl (C=O) groups excluding carboxylic acids is 2. The van der Waals surface area contributed by atoms with Crippen LogP contribution in [0.5, 0.6) is 5.75 Å². The molecule has 0 fully saturated rings. The zero-order valence-electron chi connectivity index (χ0n) is 20.1. The van der Waals surface area contributed by atoms with Gasteiger partial charge in [-0.05, 0) is 45.4 Å². The number of hydrogen-bond acceptors (Lipinski definition) is 7. The Hall–Kier alpha value is -3.91. The van der Waals surface area contributed by atoms with Crippen molar-refractivity contribution in [2.24, 2.45) is 0 Å². The van der Waals surface area contributed by atoms with Crippen molar-refractivity contribution >= 4 is 39.2 Å². The molecule has 7 nitrogen and oxygen atoms in total. The van der Waals surface area contributed by atoms with E-state index in [0.29, 0.717) is 27.1 Å². The Bertz CT molecular complexity index is 1480. The first-order valence-electron chi connectivity index (χ1n) is 11.0. The fourth-order valence-corrected chi connectivity index (χ4v) is 4.69. The number of benzene rings is 2. The fraction of sp³-hybridized carbons (Fsp3) is 0.222. The van der Waals surface area contributed by atoms with Crippen molar-refractivity contribution < 1.29 is 23.5 Å². The minimum absolute atomic E-state index is 0.0538. The van der Waals surface area contributed by atoms with Crippen LogP contribution in [0.1, 0.15) is 33.3 Å². The van der Waals surface area contributed by atoms with Gasteiger partial charge in [-0.2, -0.15) is 0 Å². The molecule has 4 rings (SSSR count). The maximum absolute atomic E-state index is 13.4. The summed E-state index contributed by atoms with van der Waals surface area (Å²) in [5.41, 5.74) is 2.79. The molecule has 2 aromatic carbocycles. The van der Waals surface area contributed by atoms with Crippen LogP contribution in [-0.4, -0.2) is 25.1 Å². The molecule has 0 aliphatic heterocycles. The van der Waals surface area contributed by atoms with Crippen LogP contribution in [0, 0.1) is 20.8 Å². The first kappa shape index (κ1) is 24.2. The number of hydrogen-bond donors (Lipinski definition) is 1. The number of nitrogens with one attached hydrogen (secondary N) is 1. The van der Waals surface area contributed by atoms with E-state index in [0.717, 1.165) is 16.0 Å². The number of rotatable bonds is 6. The maximum Gasteiger partial charge on any atom is 0.341 e. The van der Waals surface area contributed by atoms with Gasteiger partial charge >= 0.3 is 5.97 Å². The van der Waals surface area contributed by atoms with Gasteiger partial charge in [-0.1, -0.05) is 42.0 Å². The molecule has 0 aliphatic carbocycles. The van der Waals surface area contributed by atoms with Crippen molar-refractivity contribution in [3.63, 3.8) is 0 Å². The molecule has 1 amide bonds. The molecule has 0 spiro atoms. The number of ether oxygens (including phenoxy) is 2. The number of aryl methyl sites for hydroxylation is 2. The maximum atomic E-state index is 13.4. The minimum Gasteiger partial charge on any atom is -0.473 e. The molecule has 180 valence electrons. The molecule has 35 heavy (non-hydrogen) atoms. The largest absolute Gasteiger partial charge is 0.473 e. The lowest BCUT2D eigenvalue weighted by atomic mass is 10.1. The summed E-state index contributed by atoms with van der Waals surface area (Å²) in [6.07, 6.45) is -1.06. The average molecular weight is 492 g/mol. The molecule has 4 aromatic rings. The van der Waals surface area contributed by atoms with Gasteiger partial charge in [-0.3, -0.25) is 9.59 Å². The fourth-order valence-electron chi connectivity index (χ4n) is 3.63. The zero-order chi connectivity index (χ0) is 25.3. The van der Waals surface area contributed by atoms with E-state index >= 15 is 0 Å². The molecular weight excluding hydrogens is 466 g/mol. The van der Waals surface area contributed by atoms with E-state index in [1.165, 1.54) is 25.4 Å². The second kappa shape index (κ2) is 9.76. The van der Waals surface area contributed by atoms with Gasteiger partial charge in [0, 0.05) is 10.4 Å². The van der Waals surface area contributed by atoms with Crippen molar-refractivity contribution in [3.8, 4) is 17.1 Å².